The summed E-state index contributed by atoms with van der Waals surface area (Å²) < 4.78 is 0. The van der Waals surface area contributed by atoms with Crippen LogP contribution in [-0.2, 0) is 4.79 Å². The molecule has 2 N–H and O–H groups in total. The van der Waals surface area contributed by atoms with Crippen molar-refractivity contribution in [2.45, 2.75) is 20.8 Å². The summed E-state index contributed by atoms with van der Waals surface area (Å²) in [4.78, 5) is 10.9. The van der Waals surface area contributed by atoms with Crippen molar-refractivity contribution in [1.29, 1.82) is 0 Å². The predicted octanol–water partition coefficient (Wildman–Crippen LogP) is 4.09. The van der Waals surface area contributed by atoms with E-state index in [-0.39, 0.29) is 11.7 Å². The van der Waals surface area contributed by atoms with E-state index in [9.17, 15) is 4.79 Å². The van der Waals surface area contributed by atoms with Gasteiger partial charge in [-0.05, 0) is 50.3 Å². The maximum Gasteiger partial charge on any atom is 0.221 e. The van der Waals surface area contributed by atoms with Gasteiger partial charge in [-0.25, -0.2) is 0 Å². The molecule has 0 saturated heterocycles. The van der Waals surface area contributed by atoms with E-state index in [2.05, 4.69) is 15.5 Å². The van der Waals surface area contributed by atoms with Gasteiger partial charge in [-0.3, -0.25) is 4.79 Å². The van der Waals surface area contributed by atoms with Crippen LogP contribution in [0.25, 0.3) is 0 Å². The fraction of sp³-hybridized carbons (Fsp3) is 0.214. The summed E-state index contributed by atoms with van der Waals surface area (Å²) in [6, 6.07) is 7.03. The van der Waals surface area contributed by atoms with Crippen LogP contribution in [0.4, 0.5) is 11.4 Å². The van der Waals surface area contributed by atoms with Gasteiger partial charge in [0.25, 0.3) is 0 Å². The molecule has 0 atom stereocenters. The van der Waals surface area contributed by atoms with Gasteiger partial charge in [-0.1, -0.05) is 0 Å². The quantitative estimate of drug-likeness (QED) is 0.485. The Balaban J connectivity index is 2.70. The summed E-state index contributed by atoms with van der Waals surface area (Å²) in [6.07, 6.45) is 3.22. The van der Waals surface area contributed by atoms with Crippen molar-refractivity contribution in [2.24, 2.45) is 10.2 Å². The first-order valence-corrected chi connectivity index (χ1v) is 5.81. The Bertz CT molecular complexity index is 524. The predicted molar refractivity (Wildman–Crippen MR) is 75.4 cm³/mol. The van der Waals surface area contributed by atoms with Crippen LogP contribution in [-0.4, -0.2) is 11.0 Å². The number of anilines is 1. The van der Waals surface area contributed by atoms with Crippen molar-refractivity contribution in [3.63, 3.8) is 0 Å². The lowest BCUT2D eigenvalue weighted by Crippen LogP contribution is -2.04. The minimum absolute atomic E-state index is 0.112. The van der Waals surface area contributed by atoms with E-state index in [1.54, 1.807) is 50.3 Å². The SMILES string of the molecule is CC(=O)Nc1ccc(N=N/C(C)=C/C=C(\C)O)cc1. The van der Waals surface area contributed by atoms with Crippen LogP contribution in [0.1, 0.15) is 20.8 Å². The lowest BCUT2D eigenvalue weighted by Gasteiger charge is -2.00. The zero-order valence-electron chi connectivity index (χ0n) is 11.2. The van der Waals surface area contributed by atoms with E-state index in [1.165, 1.54) is 6.92 Å². The number of azo groups is 1. The largest absolute Gasteiger partial charge is 0.513 e. The molecule has 5 nitrogen and oxygen atoms in total. The Labute approximate surface area is 112 Å². The summed E-state index contributed by atoms with van der Waals surface area (Å²) in [5, 5.41) is 19.7. The second-order valence-corrected chi connectivity index (χ2v) is 4.04. The highest BCUT2D eigenvalue weighted by molar-refractivity contribution is 5.88. The van der Waals surface area contributed by atoms with Crippen molar-refractivity contribution < 1.29 is 9.90 Å². The number of hydrogen-bond donors (Lipinski definition) is 2. The second kappa shape index (κ2) is 7.10. The molecule has 1 amide bonds. The van der Waals surface area contributed by atoms with Gasteiger partial charge in [-0.2, -0.15) is 10.2 Å². The average Bonchev–Trinajstić information content (AvgIpc) is 2.35. The molecule has 5 heteroatoms. The van der Waals surface area contributed by atoms with Gasteiger partial charge in [0.05, 0.1) is 17.1 Å². The van der Waals surface area contributed by atoms with E-state index < -0.39 is 0 Å². The van der Waals surface area contributed by atoms with Crippen LogP contribution in [0.5, 0.6) is 0 Å². The molecule has 1 aromatic rings. The van der Waals surface area contributed by atoms with E-state index in [0.29, 0.717) is 11.4 Å². The molecule has 0 aliphatic rings. The third-order valence-corrected chi connectivity index (χ3v) is 2.08. The van der Waals surface area contributed by atoms with Gasteiger partial charge in [0.15, 0.2) is 0 Å². The molecule has 0 spiro atoms. The monoisotopic (exact) mass is 259 g/mol. The Hall–Kier alpha value is -2.43. The standard InChI is InChI=1S/C14H17N3O2/c1-10(4-5-11(2)18)16-17-14-8-6-13(7-9-14)15-12(3)19/h4-9,18H,1-3H3,(H,15,19)/b10-4+,11-5+,17-16?. The Kier molecular flexibility index (Phi) is 5.47. The van der Waals surface area contributed by atoms with E-state index in [4.69, 9.17) is 5.11 Å². The summed E-state index contributed by atoms with van der Waals surface area (Å²) in [5.41, 5.74) is 2.09. The first-order chi connectivity index (χ1) is 8.97. The second-order valence-electron chi connectivity index (χ2n) is 4.04. The van der Waals surface area contributed by atoms with Gasteiger partial charge in [0, 0.05) is 12.6 Å². The smallest absolute Gasteiger partial charge is 0.221 e. The van der Waals surface area contributed by atoms with Gasteiger partial charge >= 0.3 is 0 Å². The van der Waals surface area contributed by atoms with Gasteiger partial charge in [-0.15, -0.1) is 0 Å². The van der Waals surface area contributed by atoms with Crippen LogP contribution < -0.4 is 5.32 Å². The first kappa shape index (κ1) is 14.6. The number of allylic oxidation sites excluding steroid dienone is 4. The van der Waals surface area contributed by atoms with Crippen molar-refractivity contribution in [3.05, 3.63) is 47.9 Å². The molecule has 19 heavy (non-hydrogen) atoms. The number of rotatable bonds is 4. The highest BCUT2D eigenvalue weighted by Gasteiger charge is 1.95. The summed E-state index contributed by atoms with van der Waals surface area (Å²) in [5.74, 6) is 0.105. The normalized spacial score (nSPS) is 12.8. The Morgan fingerprint density at radius 2 is 1.79 bits per heavy atom. The van der Waals surface area contributed by atoms with Crippen molar-refractivity contribution in [2.75, 3.05) is 5.32 Å². The molecule has 100 valence electrons. The summed E-state index contributed by atoms with van der Waals surface area (Å²) in [6.45, 7) is 4.83. The molecule has 0 aliphatic carbocycles. The lowest BCUT2D eigenvalue weighted by atomic mass is 10.3. The number of benzene rings is 1. The van der Waals surface area contributed by atoms with E-state index in [0.717, 1.165) is 5.69 Å². The van der Waals surface area contributed by atoms with Crippen molar-refractivity contribution in [1.82, 2.24) is 0 Å². The van der Waals surface area contributed by atoms with Gasteiger partial charge in [0.2, 0.25) is 5.91 Å². The molecular weight excluding hydrogens is 242 g/mol. The minimum atomic E-state index is -0.112. The van der Waals surface area contributed by atoms with Crippen LogP contribution >= 0.6 is 0 Å². The number of nitrogens with one attached hydrogen (secondary N) is 1. The Morgan fingerprint density at radius 1 is 1.16 bits per heavy atom. The summed E-state index contributed by atoms with van der Waals surface area (Å²) >= 11 is 0. The highest BCUT2D eigenvalue weighted by Crippen LogP contribution is 2.17. The molecule has 0 unspecified atom stereocenters. The van der Waals surface area contributed by atoms with Gasteiger partial charge in [0.1, 0.15) is 0 Å². The molecular formula is C14H17N3O2. The molecule has 0 radical (unpaired) electrons. The van der Waals surface area contributed by atoms with Crippen LogP contribution in [0.15, 0.2) is 58.1 Å². The van der Waals surface area contributed by atoms with Crippen molar-refractivity contribution in [3.8, 4) is 0 Å². The molecule has 0 heterocycles. The zero-order chi connectivity index (χ0) is 14.3. The average molecular weight is 259 g/mol. The number of aliphatic hydroxyl groups is 1. The third kappa shape index (κ3) is 6.16. The topological polar surface area (TPSA) is 74.0 Å². The summed E-state index contributed by atoms with van der Waals surface area (Å²) in [7, 11) is 0. The minimum Gasteiger partial charge on any atom is -0.513 e. The fourth-order valence-electron chi connectivity index (χ4n) is 1.23. The molecule has 0 fully saturated rings. The number of carbonyl (C=O) groups excluding carboxylic acids is 1. The third-order valence-electron chi connectivity index (χ3n) is 2.08. The molecule has 1 aromatic carbocycles. The van der Waals surface area contributed by atoms with Crippen LogP contribution in [0.3, 0.4) is 0 Å². The molecule has 0 aromatic heterocycles. The van der Waals surface area contributed by atoms with Crippen LogP contribution in [0.2, 0.25) is 0 Å². The lowest BCUT2D eigenvalue weighted by molar-refractivity contribution is -0.114. The van der Waals surface area contributed by atoms with E-state index >= 15 is 0 Å². The number of amides is 1. The van der Waals surface area contributed by atoms with Crippen molar-refractivity contribution >= 4 is 17.3 Å². The highest BCUT2D eigenvalue weighted by atomic mass is 16.3. The fourth-order valence-corrected chi connectivity index (χ4v) is 1.23. The number of carbonyl (C=O) groups is 1. The first-order valence-electron chi connectivity index (χ1n) is 5.81. The zero-order valence-corrected chi connectivity index (χ0v) is 11.2. The maximum absolute atomic E-state index is 10.9. The number of aliphatic hydroxyl groups excluding tert-OH is 1. The molecule has 0 saturated carbocycles. The Morgan fingerprint density at radius 3 is 2.32 bits per heavy atom. The number of hydrogen-bond acceptors (Lipinski definition) is 4. The maximum atomic E-state index is 10.9. The van der Waals surface area contributed by atoms with Gasteiger partial charge < -0.3 is 10.4 Å². The van der Waals surface area contributed by atoms with E-state index in [1.807, 2.05) is 0 Å². The number of nitrogens with zero attached hydrogens (tertiary/aromatic N) is 2. The van der Waals surface area contributed by atoms with Crippen LogP contribution in [0, 0.1) is 0 Å². The molecule has 0 aliphatic heterocycles. The molecule has 0 bridgehead atoms. The molecule has 1 rings (SSSR count).